The van der Waals surface area contributed by atoms with Crippen LogP contribution in [0.2, 0.25) is 0 Å². The van der Waals surface area contributed by atoms with Gasteiger partial charge in [-0.25, -0.2) is 0 Å². The summed E-state index contributed by atoms with van der Waals surface area (Å²) >= 11 is 0. The van der Waals surface area contributed by atoms with Gasteiger partial charge in [-0.15, -0.1) is 24.0 Å². The maximum absolute atomic E-state index is 5.30. The largest absolute Gasteiger partial charge is 0.467 e. The predicted octanol–water partition coefficient (Wildman–Crippen LogP) is 3.51. The zero-order chi connectivity index (χ0) is 14.5. The quantitative estimate of drug-likeness (QED) is 0.460. The Kier molecular flexibility index (Phi) is 6.30. The molecule has 1 aromatic heterocycles. The summed E-state index contributed by atoms with van der Waals surface area (Å²) in [5.41, 5.74) is 1.44. The average molecular weight is 411 g/mol. The van der Waals surface area contributed by atoms with Crippen molar-refractivity contribution < 1.29 is 4.42 Å². The summed E-state index contributed by atoms with van der Waals surface area (Å²) in [6.45, 7) is 0.654. The Labute approximate surface area is 148 Å². The molecule has 0 saturated heterocycles. The molecule has 1 fully saturated rings. The van der Waals surface area contributed by atoms with E-state index in [1.54, 1.807) is 13.3 Å². The third kappa shape index (κ3) is 4.25. The highest BCUT2D eigenvalue weighted by molar-refractivity contribution is 14.0. The SMILES string of the molecule is CN=C(NCc1ccco1)NC1CC(c2ccccc2)C1.I. The van der Waals surface area contributed by atoms with Crippen molar-refractivity contribution in [1.29, 1.82) is 0 Å². The molecule has 0 unspecified atom stereocenters. The first-order valence-corrected chi connectivity index (χ1v) is 7.39. The van der Waals surface area contributed by atoms with Crippen LogP contribution in [0.25, 0.3) is 0 Å². The first-order chi connectivity index (χ1) is 10.3. The lowest BCUT2D eigenvalue weighted by molar-refractivity contribution is 0.321. The Morgan fingerprint density at radius 1 is 1.18 bits per heavy atom. The fourth-order valence-corrected chi connectivity index (χ4v) is 2.71. The molecular formula is C17H22IN3O. The standard InChI is InChI=1S/C17H21N3O.HI/c1-18-17(19-12-16-8-5-9-21-16)20-15-10-14(11-15)13-6-3-2-4-7-13;/h2-9,14-15H,10-12H2,1H3,(H2,18,19,20);1H. The van der Waals surface area contributed by atoms with Crippen molar-refractivity contribution in [2.24, 2.45) is 4.99 Å². The van der Waals surface area contributed by atoms with Gasteiger partial charge in [-0.2, -0.15) is 0 Å². The highest BCUT2D eigenvalue weighted by atomic mass is 127. The maximum atomic E-state index is 5.30. The molecule has 1 aliphatic carbocycles. The van der Waals surface area contributed by atoms with Gasteiger partial charge in [0.2, 0.25) is 0 Å². The van der Waals surface area contributed by atoms with E-state index in [1.165, 1.54) is 5.56 Å². The monoisotopic (exact) mass is 411 g/mol. The molecule has 0 atom stereocenters. The lowest BCUT2D eigenvalue weighted by Gasteiger charge is -2.37. The van der Waals surface area contributed by atoms with Gasteiger partial charge in [0.15, 0.2) is 5.96 Å². The van der Waals surface area contributed by atoms with Crippen LogP contribution in [0.4, 0.5) is 0 Å². The molecule has 22 heavy (non-hydrogen) atoms. The predicted molar refractivity (Wildman–Crippen MR) is 99.7 cm³/mol. The summed E-state index contributed by atoms with van der Waals surface area (Å²) in [6.07, 6.45) is 4.00. The number of nitrogens with one attached hydrogen (secondary N) is 2. The minimum atomic E-state index is 0. The first kappa shape index (κ1) is 16.9. The molecule has 3 rings (SSSR count). The van der Waals surface area contributed by atoms with Crippen molar-refractivity contribution in [3.63, 3.8) is 0 Å². The molecule has 1 aliphatic rings. The van der Waals surface area contributed by atoms with E-state index in [2.05, 4.69) is 46.0 Å². The second-order valence-corrected chi connectivity index (χ2v) is 5.43. The number of guanidine groups is 1. The van der Waals surface area contributed by atoms with Gasteiger partial charge in [-0.1, -0.05) is 30.3 Å². The summed E-state index contributed by atoms with van der Waals surface area (Å²) in [4.78, 5) is 4.26. The van der Waals surface area contributed by atoms with Crippen LogP contribution in [0, 0.1) is 0 Å². The Hall–Kier alpha value is -1.50. The third-order valence-electron chi connectivity index (χ3n) is 3.98. The van der Waals surface area contributed by atoms with Gasteiger partial charge < -0.3 is 15.1 Å². The molecule has 4 nitrogen and oxygen atoms in total. The highest BCUT2D eigenvalue weighted by Crippen LogP contribution is 2.36. The number of aliphatic imine (C=N–C) groups is 1. The van der Waals surface area contributed by atoms with E-state index in [0.717, 1.165) is 24.6 Å². The van der Waals surface area contributed by atoms with E-state index >= 15 is 0 Å². The first-order valence-electron chi connectivity index (χ1n) is 7.39. The Balaban J connectivity index is 0.00000176. The molecule has 0 radical (unpaired) electrons. The minimum Gasteiger partial charge on any atom is -0.467 e. The van der Waals surface area contributed by atoms with Gasteiger partial charge >= 0.3 is 0 Å². The number of hydrogen-bond acceptors (Lipinski definition) is 2. The molecule has 2 N–H and O–H groups in total. The van der Waals surface area contributed by atoms with Crippen LogP contribution in [-0.2, 0) is 6.54 Å². The average Bonchev–Trinajstić information content (AvgIpc) is 2.99. The fourth-order valence-electron chi connectivity index (χ4n) is 2.71. The molecule has 5 heteroatoms. The number of halogens is 1. The van der Waals surface area contributed by atoms with Crippen LogP contribution in [0.5, 0.6) is 0 Å². The van der Waals surface area contributed by atoms with Crippen molar-refractivity contribution in [1.82, 2.24) is 10.6 Å². The Bertz CT molecular complexity index is 577. The summed E-state index contributed by atoms with van der Waals surface area (Å²) in [5, 5.41) is 6.73. The Morgan fingerprint density at radius 3 is 2.59 bits per heavy atom. The van der Waals surface area contributed by atoms with E-state index in [-0.39, 0.29) is 24.0 Å². The van der Waals surface area contributed by atoms with Crippen molar-refractivity contribution in [2.45, 2.75) is 31.3 Å². The molecule has 1 aromatic carbocycles. The topological polar surface area (TPSA) is 49.6 Å². The van der Waals surface area contributed by atoms with Crippen molar-refractivity contribution in [2.75, 3.05) is 7.05 Å². The summed E-state index contributed by atoms with van der Waals surface area (Å²) in [7, 11) is 1.80. The summed E-state index contributed by atoms with van der Waals surface area (Å²) in [6, 6.07) is 15.1. The van der Waals surface area contributed by atoms with Gasteiger partial charge in [0, 0.05) is 13.1 Å². The molecular weight excluding hydrogens is 389 g/mol. The smallest absolute Gasteiger partial charge is 0.191 e. The molecule has 118 valence electrons. The van der Waals surface area contributed by atoms with Crippen LogP contribution in [0.1, 0.15) is 30.1 Å². The minimum absolute atomic E-state index is 0. The van der Waals surface area contributed by atoms with Gasteiger partial charge in [0.05, 0.1) is 12.8 Å². The summed E-state index contributed by atoms with van der Waals surface area (Å²) < 4.78 is 5.30. The van der Waals surface area contributed by atoms with Gasteiger partial charge in [0.25, 0.3) is 0 Å². The van der Waals surface area contributed by atoms with E-state index in [1.807, 2.05) is 12.1 Å². The molecule has 1 saturated carbocycles. The number of rotatable bonds is 4. The molecule has 2 aromatic rings. The molecule has 0 amide bonds. The van der Waals surface area contributed by atoms with Crippen LogP contribution < -0.4 is 10.6 Å². The lowest BCUT2D eigenvalue weighted by Crippen LogP contribution is -2.48. The number of hydrogen-bond donors (Lipinski definition) is 2. The lowest BCUT2D eigenvalue weighted by atomic mass is 9.76. The second-order valence-electron chi connectivity index (χ2n) is 5.43. The third-order valence-corrected chi connectivity index (χ3v) is 3.98. The van der Waals surface area contributed by atoms with E-state index < -0.39 is 0 Å². The van der Waals surface area contributed by atoms with E-state index in [0.29, 0.717) is 18.5 Å². The summed E-state index contributed by atoms with van der Waals surface area (Å²) in [5.74, 6) is 2.42. The zero-order valence-electron chi connectivity index (χ0n) is 12.7. The second kappa shape index (κ2) is 8.22. The molecule has 0 bridgehead atoms. The van der Waals surface area contributed by atoms with E-state index in [9.17, 15) is 0 Å². The van der Waals surface area contributed by atoms with Crippen molar-refractivity contribution >= 4 is 29.9 Å². The van der Waals surface area contributed by atoms with Crippen molar-refractivity contribution in [3.05, 3.63) is 60.1 Å². The number of furan rings is 1. The maximum Gasteiger partial charge on any atom is 0.191 e. The number of nitrogens with zero attached hydrogens (tertiary/aromatic N) is 1. The van der Waals surface area contributed by atoms with Crippen LogP contribution >= 0.6 is 24.0 Å². The van der Waals surface area contributed by atoms with Gasteiger partial charge in [0.1, 0.15) is 5.76 Å². The molecule has 1 heterocycles. The van der Waals surface area contributed by atoms with Gasteiger partial charge in [-0.05, 0) is 36.5 Å². The van der Waals surface area contributed by atoms with Crippen molar-refractivity contribution in [3.8, 4) is 0 Å². The van der Waals surface area contributed by atoms with E-state index in [4.69, 9.17) is 4.42 Å². The molecule has 0 spiro atoms. The fraction of sp³-hybridized carbons (Fsp3) is 0.353. The van der Waals surface area contributed by atoms with Crippen LogP contribution in [0.3, 0.4) is 0 Å². The highest BCUT2D eigenvalue weighted by Gasteiger charge is 2.30. The number of benzene rings is 1. The van der Waals surface area contributed by atoms with Crippen LogP contribution in [0.15, 0.2) is 58.1 Å². The van der Waals surface area contributed by atoms with Gasteiger partial charge in [-0.3, -0.25) is 4.99 Å². The zero-order valence-corrected chi connectivity index (χ0v) is 15.0. The normalized spacial score (nSPS) is 20.7. The molecule has 0 aliphatic heterocycles. The Morgan fingerprint density at radius 2 is 1.95 bits per heavy atom. The van der Waals surface area contributed by atoms with Crippen LogP contribution in [-0.4, -0.2) is 19.0 Å².